The molecule has 0 aliphatic carbocycles. The Balaban J connectivity index is 1.31. The topological polar surface area (TPSA) is 60.2 Å². The summed E-state index contributed by atoms with van der Waals surface area (Å²) in [4.78, 5) is 25.3. The lowest BCUT2D eigenvalue weighted by molar-refractivity contribution is -0.120. The summed E-state index contributed by atoms with van der Waals surface area (Å²) < 4.78 is 22.5. The van der Waals surface area contributed by atoms with Gasteiger partial charge < -0.3 is 9.30 Å². The Morgan fingerprint density at radius 1 is 0.889 bits per heavy atom. The summed E-state index contributed by atoms with van der Waals surface area (Å²) in [5.74, 6) is -0.0907. The summed E-state index contributed by atoms with van der Waals surface area (Å²) in [5.41, 5.74) is 3.96. The molecule has 0 atom stereocenters. The number of fused-ring (bicyclic) bond motifs is 1. The zero-order valence-corrected chi connectivity index (χ0v) is 25.6. The summed E-state index contributed by atoms with van der Waals surface area (Å²) in [7, 11) is 0. The second-order valence-electron chi connectivity index (χ2n) is 11.4. The SMILES string of the molecule is O=C(CC1CCOCC1)N(Cc1cn(C(c2ccccc2)(c2ccccc2)c2ccccc2)cn1)c1nc2ccc(F)cc2s1. The number of benzene rings is 4. The van der Waals surface area contributed by atoms with Gasteiger partial charge in [-0.3, -0.25) is 9.69 Å². The first-order valence-electron chi connectivity index (χ1n) is 15.3. The molecule has 1 aliphatic heterocycles. The molecule has 1 fully saturated rings. The zero-order chi connectivity index (χ0) is 30.6. The average Bonchev–Trinajstić information content (AvgIpc) is 3.73. The van der Waals surface area contributed by atoms with E-state index in [0.717, 1.165) is 35.2 Å². The molecular formula is C37H33FN4O2S. The van der Waals surface area contributed by atoms with E-state index in [4.69, 9.17) is 14.7 Å². The standard InChI is InChI=1S/C37H33FN4O2S/c38-31-16-17-33-34(23-31)45-36(40-33)42(35(43)22-27-18-20-44-21-19-27)25-32-24-41(26-39-32)37(28-10-4-1-5-11-28,29-12-6-2-7-13-29)30-14-8-3-9-15-30/h1-17,23-24,26-27H,18-22,25H2. The van der Waals surface area contributed by atoms with Gasteiger partial charge in [0.15, 0.2) is 5.13 Å². The van der Waals surface area contributed by atoms with E-state index in [1.54, 1.807) is 11.0 Å². The van der Waals surface area contributed by atoms with Crippen molar-refractivity contribution in [1.29, 1.82) is 0 Å². The normalized spacial score (nSPS) is 14.1. The minimum absolute atomic E-state index is 0.0172. The highest BCUT2D eigenvalue weighted by Gasteiger charge is 2.38. The molecule has 0 saturated carbocycles. The fourth-order valence-corrected chi connectivity index (χ4v) is 7.35. The van der Waals surface area contributed by atoms with Crippen molar-refractivity contribution in [3.05, 3.63) is 150 Å². The quantitative estimate of drug-likeness (QED) is 0.155. The lowest BCUT2D eigenvalue weighted by Gasteiger charge is -2.37. The van der Waals surface area contributed by atoms with Crippen LogP contribution in [0.5, 0.6) is 0 Å². The van der Waals surface area contributed by atoms with Gasteiger partial charge in [0, 0.05) is 25.8 Å². The Kier molecular flexibility index (Phi) is 8.24. The van der Waals surface area contributed by atoms with Crippen molar-refractivity contribution in [3.8, 4) is 0 Å². The molecule has 0 spiro atoms. The van der Waals surface area contributed by atoms with Crippen molar-refractivity contribution in [2.24, 2.45) is 5.92 Å². The van der Waals surface area contributed by atoms with Gasteiger partial charge in [-0.25, -0.2) is 14.4 Å². The van der Waals surface area contributed by atoms with Gasteiger partial charge in [0.1, 0.15) is 11.4 Å². The summed E-state index contributed by atoms with van der Waals surface area (Å²) >= 11 is 1.33. The van der Waals surface area contributed by atoms with E-state index < -0.39 is 5.54 Å². The van der Waals surface area contributed by atoms with E-state index in [-0.39, 0.29) is 24.2 Å². The molecule has 1 aliphatic rings. The third-order valence-corrected chi connectivity index (χ3v) is 9.63. The minimum Gasteiger partial charge on any atom is -0.381 e. The lowest BCUT2D eigenvalue weighted by Crippen LogP contribution is -2.37. The van der Waals surface area contributed by atoms with Gasteiger partial charge >= 0.3 is 0 Å². The van der Waals surface area contributed by atoms with Crippen LogP contribution >= 0.6 is 11.3 Å². The lowest BCUT2D eigenvalue weighted by atomic mass is 9.77. The Bertz CT molecular complexity index is 1790. The first-order valence-corrected chi connectivity index (χ1v) is 16.1. The number of hydrogen-bond acceptors (Lipinski definition) is 5. The van der Waals surface area contributed by atoms with Gasteiger partial charge in [-0.2, -0.15) is 0 Å². The van der Waals surface area contributed by atoms with E-state index in [2.05, 4.69) is 77.4 Å². The summed E-state index contributed by atoms with van der Waals surface area (Å²) in [6.07, 6.45) is 6.00. The van der Waals surface area contributed by atoms with Crippen LogP contribution in [-0.2, 0) is 21.6 Å². The Morgan fingerprint density at radius 3 is 2.09 bits per heavy atom. The van der Waals surface area contributed by atoms with Gasteiger partial charge in [0.05, 0.1) is 28.8 Å². The van der Waals surface area contributed by atoms with Crippen LogP contribution in [-0.4, -0.2) is 33.7 Å². The Morgan fingerprint density at radius 2 is 1.49 bits per heavy atom. The number of anilines is 1. The molecule has 45 heavy (non-hydrogen) atoms. The van der Waals surface area contributed by atoms with Crippen molar-refractivity contribution < 1.29 is 13.9 Å². The summed E-state index contributed by atoms with van der Waals surface area (Å²) in [6.45, 7) is 1.58. The highest BCUT2D eigenvalue weighted by atomic mass is 32.1. The molecule has 2 aromatic heterocycles. The number of aromatic nitrogens is 3. The number of nitrogens with zero attached hydrogens (tertiary/aromatic N) is 4. The van der Waals surface area contributed by atoms with Crippen molar-refractivity contribution >= 4 is 32.6 Å². The minimum atomic E-state index is -0.709. The van der Waals surface area contributed by atoms with Crippen LogP contribution in [0.3, 0.4) is 0 Å². The molecule has 8 heteroatoms. The number of amides is 1. The summed E-state index contributed by atoms with van der Waals surface area (Å²) in [6, 6.07) is 35.8. The number of hydrogen-bond donors (Lipinski definition) is 0. The second kappa shape index (κ2) is 12.8. The smallest absolute Gasteiger partial charge is 0.229 e. The number of carbonyl (C=O) groups is 1. The van der Waals surface area contributed by atoms with Crippen LogP contribution in [0.15, 0.2) is 122 Å². The maximum Gasteiger partial charge on any atom is 0.229 e. The van der Waals surface area contributed by atoms with Crippen LogP contribution in [0.25, 0.3) is 10.2 Å². The molecule has 6 nitrogen and oxygen atoms in total. The van der Waals surface area contributed by atoms with Gasteiger partial charge in [-0.05, 0) is 53.6 Å². The molecular weight excluding hydrogens is 583 g/mol. The van der Waals surface area contributed by atoms with Crippen LogP contribution in [0.2, 0.25) is 0 Å². The number of imidazole rings is 1. The van der Waals surface area contributed by atoms with Crippen LogP contribution in [0.1, 0.15) is 41.6 Å². The van der Waals surface area contributed by atoms with E-state index in [9.17, 15) is 9.18 Å². The van der Waals surface area contributed by atoms with Gasteiger partial charge in [-0.15, -0.1) is 0 Å². The van der Waals surface area contributed by atoms with E-state index >= 15 is 0 Å². The number of halogens is 1. The third-order valence-electron chi connectivity index (χ3n) is 8.59. The molecule has 3 heterocycles. The van der Waals surface area contributed by atoms with Crippen molar-refractivity contribution in [2.45, 2.75) is 31.3 Å². The molecule has 7 rings (SSSR count). The molecule has 1 saturated heterocycles. The largest absolute Gasteiger partial charge is 0.381 e. The molecule has 0 unspecified atom stereocenters. The van der Waals surface area contributed by atoms with E-state index in [1.165, 1.54) is 23.5 Å². The predicted molar refractivity (Wildman–Crippen MR) is 176 cm³/mol. The highest BCUT2D eigenvalue weighted by molar-refractivity contribution is 7.22. The number of ether oxygens (including phenoxy) is 1. The number of rotatable bonds is 9. The fraction of sp³-hybridized carbons (Fsp3) is 0.216. The van der Waals surface area contributed by atoms with Crippen LogP contribution in [0.4, 0.5) is 9.52 Å². The highest BCUT2D eigenvalue weighted by Crippen LogP contribution is 2.41. The molecule has 0 radical (unpaired) electrons. The Labute approximate surface area is 265 Å². The van der Waals surface area contributed by atoms with Crippen molar-refractivity contribution in [1.82, 2.24) is 14.5 Å². The first-order chi connectivity index (χ1) is 22.1. The number of thiazole rings is 1. The zero-order valence-electron chi connectivity index (χ0n) is 24.8. The summed E-state index contributed by atoms with van der Waals surface area (Å²) in [5, 5.41) is 0.544. The van der Waals surface area contributed by atoms with Gasteiger partial charge in [0.25, 0.3) is 0 Å². The van der Waals surface area contributed by atoms with Crippen molar-refractivity contribution in [3.63, 3.8) is 0 Å². The maximum absolute atomic E-state index is 14.1. The molecule has 0 N–H and O–H groups in total. The van der Waals surface area contributed by atoms with E-state index in [0.29, 0.717) is 35.0 Å². The molecule has 226 valence electrons. The first kappa shape index (κ1) is 29.1. The van der Waals surface area contributed by atoms with Gasteiger partial charge in [-0.1, -0.05) is 102 Å². The molecule has 1 amide bonds. The van der Waals surface area contributed by atoms with Gasteiger partial charge in [0.2, 0.25) is 5.91 Å². The maximum atomic E-state index is 14.1. The number of carbonyl (C=O) groups excluding carboxylic acids is 1. The fourth-order valence-electron chi connectivity index (χ4n) is 6.35. The molecule has 6 aromatic rings. The monoisotopic (exact) mass is 616 g/mol. The Hall–Kier alpha value is -4.66. The van der Waals surface area contributed by atoms with Crippen LogP contribution in [0, 0.1) is 11.7 Å². The molecule has 0 bridgehead atoms. The average molecular weight is 617 g/mol. The van der Waals surface area contributed by atoms with Crippen LogP contribution < -0.4 is 4.90 Å². The van der Waals surface area contributed by atoms with Crippen molar-refractivity contribution in [2.75, 3.05) is 18.1 Å². The molecule has 4 aromatic carbocycles. The predicted octanol–water partition coefficient (Wildman–Crippen LogP) is 7.82. The van der Waals surface area contributed by atoms with E-state index in [1.807, 2.05) is 30.7 Å². The third kappa shape index (κ3) is 5.79. The second-order valence-corrected chi connectivity index (χ2v) is 12.4.